The number of hydrogen-bond donors (Lipinski definition) is 1. The highest BCUT2D eigenvalue weighted by Crippen LogP contribution is 2.30. The van der Waals surface area contributed by atoms with Gasteiger partial charge in [-0.15, -0.1) is 11.3 Å². The fraction of sp³-hybridized carbons (Fsp3) is 0.310. The number of rotatable bonds is 5. The molecule has 0 aliphatic carbocycles. The molecule has 11 nitrogen and oxygen atoms in total. The first-order valence-corrected chi connectivity index (χ1v) is 14.4. The van der Waals surface area contributed by atoms with Gasteiger partial charge in [0, 0.05) is 49.4 Å². The molecule has 1 aromatic carbocycles. The number of benzene rings is 1. The molecule has 0 spiro atoms. The predicted octanol–water partition coefficient (Wildman–Crippen LogP) is 5.35. The van der Waals surface area contributed by atoms with Crippen LogP contribution in [0.5, 0.6) is 0 Å². The van der Waals surface area contributed by atoms with Gasteiger partial charge in [-0.3, -0.25) is 19.9 Å². The van der Waals surface area contributed by atoms with Crippen LogP contribution in [-0.2, 0) is 10.9 Å². The number of aromatic nitrogens is 4. The van der Waals surface area contributed by atoms with Crippen LogP contribution in [0.4, 0.5) is 23.1 Å². The topological polar surface area (TPSA) is 123 Å². The van der Waals surface area contributed by atoms with Crippen molar-refractivity contribution in [2.75, 3.05) is 31.5 Å². The Hall–Kier alpha value is -4.79. The number of alkyl halides is 3. The molecular weight excluding hydrogens is 599 g/mol. The van der Waals surface area contributed by atoms with Crippen molar-refractivity contribution in [1.82, 2.24) is 29.5 Å². The maximum atomic E-state index is 13.6. The van der Waals surface area contributed by atoms with E-state index in [0.717, 1.165) is 16.0 Å². The number of hydrogen-bond acceptors (Lipinski definition) is 8. The fourth-order valence-corrected chi connectivity index (χ4v) is 5.05. The second-order valence-electron chi connectivity index (χ2n) is 10.8. The third-order valence-electron chi connectivity index (χ3n) is 6.46. The van der Waals surface area contributed by atoms with Crippen molar-refractivity contribution in [2.45, 2.75) is 32.5 Å². The highest BCUT2D eigenvalue weighted by atomic mass is 32.1. The molecule has 5 rings (SSSR count). The third-order valence-corrected chi connectivity index (χ3v) is 7.22. The molecule has 15 heteroatoms. The van der Waals surface area contributed by atoms with Crippen LogP contribution in [0, 0.1) is 0 Å². The number of thiazole rings is 1. The van der Waals surface area contributed by atoms with Crippen molar-refractivity contribution in [3.05, 3.63) is 77.1 Å². The number of ether oxygens (including phenoxy) is 1. The number of carbonyl (C=O) groups is 3. The number of nitrogens with zero attached hydrogens (tertiary/aromatic N) is 6. The van der Waals surface area contributed by atoms with E-state index in [4.69, 9.17) is 4.74 Å². The lowest BCUT2D eigenvalue weighted by atomic mass is 10.1. The Kier molecular flexibility index (Phi) is 8.41. The van der Waals surface area contributed by atoms with Gasteiger partial charge in [0.25, 0.3) is 11.8 Å². The second kappa shape index (κ2) is 12.1. The zero-order valence-corrected chi connectivity index (χ0v) is 24.8. The van der Waals surface area contributed by atoms with Gasteiger partial charge in [-0.2, -0.15) is 18.3 Å². The minimum absolute atomic E-state index is 0.144. The molecule has 0 unspecified atom stereocenters. The maximum absolute atomic E-state index is 13.6. The summed E-state index contributed by atoms with van der Waals surface area (Å²) >= 11 is 1.10. The summed E-state index contributed by atoms with van der Waals surface area (Å²) in [7, 11) is 0. The van der Waals surface area contributed by atoms with E-state index in [-0.39, 0.29) is 35.5 Å². The van der Waals surface area contributed by atoms with Crippen LogP contribution in [0.3, 0.4) is 0 Å². The van der Waals surface area contributed by atoms with Crippen LogP contribution in [0.15, 0.2) is 60.1 Å². The Morgan fingerprint density at radius 1 is 0.932 bits per heavy atom. The first-order valence-electron chi connectivity index (χ1n) is 13.5. The van der Waals surface area contributed by atoms with Crippen molar-refractivity contribution in [3.63, 3.8) is 0 Å². The molecule has 1 aliphatic rings. The summed E-state index contributed by atoms with van der Waals surface area (Å²) in [5.74, 6) is -1.15. The van der Waals surface area contributed by atoms with Gasteiger partial charge in [0.1, 0.15) is 17.0 Å². The van der Waals surface area contributed by atoms with Crippen molar-refractivity contribution in [3.8, 4) is 17.1 Å². The predicted molar refractivity (Wildman–Crippen MR) is 156 cm³/mol. The molecule has 1 fully saturated rings. The summed E-state index contributed by atoms with van der Waals surface area (Å²) in [6.07, 6.45) is -3.66. The summed E-state index contributed by atoms with van der Waals surface area (Å²) in [6, 6.07) is 11.7. The lowest BCUT2D eigenvalue weighted by molar-refractivity contribution is -0.141. The smallest absolute Gasteiger partial charge is 0.435 e. The molecule has 1 N–H and O–H groups in total. The van der Waals surface area contributed by atoms with E-state index in [1.807, 2.05) is 0 Å². The number of nitrogens with one attached hydrogen (secondary N) is 1. The number of carbonyl (C=O) groups excluding carboxylic acids is 3. The Morgan fingerprint density at radius 2 is 1.61 bits per heavy atom. The quantitative estimate of drug-likeness (QED) is 0.316. The minimum atomic E-state index is -4.80. The van der Waals surface area contributed by atoms with E-state index >= 15 is 0 Å². The zero-order valence-electron chi connectivity index (χ0n) is 24.0. The Balaban J connectivity index is 1.30. The molecule has 44 heavy (non-hydrogen) atoms. The van der Waals surface area contributed by atoms with E-state index in [1.54, 1.807) is 55.4 Å². The van der Waals surface area contributed by atoms with Gasteiger partial charge >= 0.3 is 12.3 Å². The molecule has 0 atom stereocenters. The van der Waals surface area contributed by atoms with Gasteiger partial charge in [0.05, 0.1) is 11.4 Å². The number of amides is 3. The van der Waals surface area contributed by atoms with Crippen molar-refractivity contribution >= 4 is 34.4 Å². The molecule has 0 radical (unpaired) electrons. The maximum Gasteiger partial charge on any atom is 0.435 e. The van der Waals surface area contributed by atoms with Crippen LogP contribution in [0.25, 0.3) is 17.1 Å². The molecule has 0 bridgehead atoms. The Morgan fingerprint density at radius 3 is 2.23 bits per heavy atom. The van der Waals surface area contributed by atoms with E-state index in [1.165, 1.54) is 29.2 Å². The first-order chi connectivity index (χ1) is 20.8. The normalized spacial score (nSPS) is 14.0. The average molecular weight is 628 g/mol. The van der Waals surface area contributed by atoms with Crippen molar-refractivity contribution < 1.29 is 32.3 Å². The van der Waals surface area contributed by atoms with E-state index < -0.39 is 29.5 Å². The first kappa shape index (κ1) is 30.7. The molecule has 3 aromatic heterocycles. The highest BCUT2D eigenvalue weighted by Gasteiger charge is 2.36. The Bertz CT molecular complexity index is 1660. The molecule has 1 saturated heterocycles. The molecular formula is C29H28F3N7O4S. The molecule has 0 saturated carbocycles. The van der Waals surface area contributed by atoms with Gasteiger partial charge < -0.3 is 14.5 Å². The van der Waals surface area contributed by atoms with Crippen LogP contribution in [0.1, 0.15) is 47.3 Å². The SMILES string of the molecule is CC(C)(C)OC(=O)N1CCN(C(=O)c2ccc(-n3nc(C(F)(F)F)cc3C(=O)Nc3nc(-c4ccccn4)cs3)cc2)CC1. The van der Waals surface area contributed by atoms with Crippen LogP contribution in [-0.4, -0.2) is 79.2 Å². The van der Waals surface area contributed by atoms with Gasteiger partial charge in [0.15, 0.2) is 10.8 Å². The van der Waals surface area contributed by atoms with E-state index in [0.29, 0.717) is 36.1 Å². The molecule has 1 aliphatic heterocycles. The highest BCUT2D eigenvalue weighted by molar-refractivity contribution is 7.14. The van der Waals surface area contributed by atoms with Crippen LogP contribution < -0.4 is 5.32 Å². The summed E-state index contributed by atoms with van der Waals surface area (Å²) in [4.78, 5) is 50.2. The van der Waals surface area contributed by atoms with Gasteiger partial charge in [0.2, 0.25) is 0 Å². The lowest BCUT2D eigenvalue weighted by Crippen LogP contribution is -2.51. The molecule has 230 valence electrons. The summed E-state index contributed by atoms with van der Waals surface area (Å²) in [5, 5.41) is 8.02. The number of pyridine rings is 1. The van der Waals surface area contributed by atoms with Crippen LogP contribution >= 0.6 is 11.3 Å². The van der Waals surface area contributed by atoms with E-state index in [2.05, 4.69) is 20.4 Å². The average Bonchev–Trinajstić information content (AvgIpc) is 3.65. The summed E-state index contributed by atoms with van der Waals surface area (Å²) in [6.45, 7) is 6.50. The zero-order chi connectivity index (χ0) is 31.6. The summed E-state index contributed by atoms with van der Waals surface area (Å²) < 4.78 is 47.1. The van der Waals surface area contributed by atoms with Crippen molar-refractivity contribution in [2.24, 2.45) is 0 Å². The number of halogens is 3. The fourth-order valence-electron chi connectivity index (χ4n) is 4.35. The van der Waals surface area contributed by atoms with Gasteiger partial charge in [-0.1, -0.05) is 6.07 Å². The van der Waals surface area contributed by atoms with Crippen molar-refractivity contribution in [1.29, 1.82) is 0 Å². The minimum Gasteiger partial charge on any atom is -0.444 e. The third kappa shape index (κ3) is 7.05. The number of piperazine rings is 1. The second-order valence-corrected chi connectivity index (χ2v) is 11.7. The molecule has 3 amide bonds. The van der Waals surface area contributed by atoms with Gasteiger partial charge in [-0.25, -0.2) is 14.5 Å². The van der Waals surface area contributed by atoms with Crippen LogP contribution in [0.2, 0.25) is 0 Å². The monoisotopic (exact) mass is 627 g/mol. The lowest BCUT2D eigenvalue weighted by Gasteiger charge is -2.35. The largest absolute Gasteiger partial charge is 0.444 e. The molecule has 4 aromatic rings. The number of anilines is 1. The Labute approximate surface area is 254 Å². The molecule has 4 heterocycles. The van der Waals surface area contributed by atoms with Gasteiger partial charge in [-0.05, 0) is 57.2 Å². The summed E-state index contributed by atoms with van der Waals surface area (Å²) in [5.41, 5.74) is -0.742. The standard InChI is InChI=1S/C29H28F3N7O4S/c1-28(2,3)43-27(42)38-14-12-37(13-15-38)25(41)18-7-9-19(10-8-18)39-22(16-23(36-39)29(30,31)32)24(40)35-26-34-21(17-44-26)20-6-4-5-11-33-20/h4-11,16-17H,12-15H2,1-3H3,(H,34,35,40). The van der Waals surface area contributed by atoms with E-state index in [9.17, 15) is 27.6 Å².